The predicted molar refractivity (Wildman–Crippen MR) is 97.8 cm³/mol. The molecule has 0 saturated heterocycles. The minimum Gasteiger partial charge on any atom is -0.496 e. The minimum absolute atomic E-state index is 0.245. The lowest BCUT2D eigenvalue weighted by molar-refractivity contribution is -0.142. The highest BCUT2D eigenvalue weighted by molar-refractivity contribution is 9.10. The Labute approximate surface area is 163 Å². The van der Waals surface area contributed by atoms with Gasteiger partial charge in [0.05, 0.1) is 22.7 Å². The molecule has 0 aromatic heterocycles. The van der Waals surface area contributed by atoms with E-state index in [9.17, 15) is 19.2 Å². The van der Waals surface area contributed by atoms with Gasteiger partial charge in [0.25, 0.3) is 11.8 Å². The van der Waals surface area contributed by atoms with Crippen LogP contribution in [0.4, 0.5) is 0 Å². The standard InChI is InChI=1S/C19H14BrNO6/c1-26-16-7-6-11(8-14(16)20)15(22)10-27-17(23)9-21-18(24)12-4-2-3-5-13(12)19(21)25/h2-8H,9-10H2,1H3. The average molecular weight is 432 g/mol. The SMILES string of the molecule is COc1ccc(C(=O)COC(=O)CN2C(=O)c3ccccc3C2=O)cc1Br. The zero-order chi connectivity index (χ0) is 19.6. The molecule has 1 heterocycles. The van der Waals surface area contributed by atoms with E-state index in [1.54, 1.807) is 30.3 Å². The number of ether oxygens (including phenoxy) is 2. The molecule has 0 unspecified atom stereocenters. The number of rotatable bonds is 6. The number of esters is 1. The van der Waals surface area contributed by atoms with Crippen LogP contribution in [0.5, 0.6) is 5.75 Å². The minimum atomic E-state index is -0.842. The normalized spacial score (nSPS) is 12.7. The van der Waals surface area contributed by atoms with Crippen molar-refractivity contribution in [3.63, 3.8) is 0 Å². The molecule has 2 amide bonds. The zero-order valence-corrected chi connectivity index (χ0v) is 15.8. The van der Waals surface area contributed by atoms with Crippen molar-refractivity contribution in [3.8, 4) is 5.75 Å². The fourth-order valence-corrected chi connectivity index (χ4v) is 3.17. The Kier molecular flexibility index (Phi) is 5.36. The van der Waals surface area contributed by atoms with Gasteiger partial charge < -0.3 is 9.47 Å². The molecular weight excluding hydrogens is 418 g/mol. The lowest BCUT2D eigenvalue weighted by atomic mass is 10.1. The molecule has 3 rings (SSSR count). The summed E-state index contributed by atoms with van der Waals surface area (Å²) in [6.45, 7) is -1.05. The van der Waals surface area contributed by atoms with Crippen LogP contribution in [0.3, 0.4) is 0 Å². The number of imide groups is 1. The molecule has 1 aliphatic rings. The van der Waals surface area contributed by atoms with E-state index in [0.717, 1.165) is 4.90 Å². The number of amides is 2. The highest BCUT2D eigenvalue weighted by atomic mass is 79.9. The van der Waals surface area contributed by atoms with Gasteiger partial charge in [0.1, 0.15) is 12.3 Å². The molecule has 0 bridgehead atoms. The van der Waals surface area contributed by atoms with Crippen molar-refractivity contribution in [1.29, 1.82) is 0 Å². The summed E-state index contributed by atoms with van der Waals surface area (Å²) < 4.78 is 10.6. The number of ketones is 1. The summed E-state index contributed by atoms with van der Waals surface area (Å²) in [5.74, 6) is -1.82. The third kappa shape index (κ3) is 3.75. The number of benzene rings is 2. The quantitative estimate of drug-likeness (QED) is 0.396. The number of carbonyl (C=O) groups is 4. The second-order valence-corrected chi connectivity index (χ2v) is 6.53. The number of hydrogen-bond donors (Lipinski definition) is 0. The summed E-state index contributed by atoms with van der Waals surface area (Å²) in [6, 6.07) is 11.0. The van der Waals surface area contributed by atoms with Crippen molar-refractivity contribution in [2.24, 2.45) is 0 Å². The third-order valence-electron chi connectivity index (χ3n) is 4.00. The van der Waals surface area contributed by atoms with E-state index in [2.05, 4.69) is 15.9 Å². The first-order valence-electron chi connectivity index (χ1n) is 7.90. The van der Waals surface area contributed by atoms with Crippen molar-refractivity contribution in [1.82, 2.24) is 4.90 Å². The van der Waals surface area contributed by atoms with Gasteiger partial charge in [-0.15, -0.1) is 0 Å². The van der Waals surface area contributed by atoms with Crippen molar-refractivity contribution < 1.29 is 28.7 Å². The van der Waals surface area contributed by atoms with Crippen LogP contribution in [0, 0.1) is 0 Å². The molecule has 0 atom stereocenters. The van der Waals surface area contributed by atoms with Crippen molar-refractivity contribution in [2.75, 3.05) is 20.3 Å². The molecular formula is C19H14BrNO6. The second-order valence-electron chi connectivity index (χ2n) is 5.68. The molecule has 2 aromatic carbocycles. The van der Waals surface area contributed by atoms with Crippen LogP contribution in [-0.2, 0) is 9.53 Å². The highest BCUT2D eigenvalue weighted by Gasteiger charge is 2.36. The first-order chi connectivity index (χ1) is 12.9. The Morgan fingerprint density at radius 1 is 1.04 bits per heavy atom. The second kappa shape index (κ2) is 7.71. The summed E-state index contributed by atoms with van der Waals surface area (Å²) in [7, 11) is 1.50. The number of carbonyl (C=O) groups excluding carboxylic acids is 4. The Hall–Kier alpha value is -3.00. The molecule has 2 aromatic rings. The molecule has 1 aliphatic heterocycles. The largest absolute Gasteiger partial charge is 0.496 e. The monoisotopic (exact) mass is 431 g/mol. The first-order valence-corrected chi connectivity index (χ1v) is 8.69. The van der Waals surface area contributed by atoms with Gasteiger partial charge in [0, 0.05) is 5.56 Å². The number of fused-ring (bicyclic) bond motifs is 1. The van der Waals surface area contributed by atoms with E-state index in [0.29, 0.717) is 15.8 Å². The Bertz CT molecular complexity index is 920. The van der Waals surface area contributed by atoms with Gasteiger partial charge in [-0.1, -0.05) is 12.1 Å². The molecule has 0 aliphatic carbocycles. The molecule has 0 N–H and O–H groups in total. The molecule has 8 heteroatoms. The van der Waals surface area contributed by atoms with Crippen molar-refractivity contribution in [2.45, 2.75) is 0 Å². The average Bonchev–Trinajstić information content (AvgIpc) is 2.91. The van der Waals surface area contributed by atoms with E-state index < -0.39 is 36.7 Å². The lowest BCUT2D eigenvalue weighted by Crippen LogP contribution is -2.36. The maximum absolute atomic E-state index is 12.2. The maximum Gasteiger partial charge on any atom is 0.326 e. The fraction of sp³-hybridized carbons (Fsp3) is 0.158. The first kappa shape index (κ1) is 18.8. The summed E-state index contributed by atoms with van der Waals surface area (Å²) in [6.07, 6.45) is 0. The summed E-state index contributed by atoms with van der Waals surface area (Å²) >= 11 is 3.27. The van der Waals surface area contributed by atoms with Crippen LogP contribution in [0.2, 0.25) is 0 Å². The molecule has 0 fully saturated rings. The summed E-state index contributed by atoms with van der Waals surface area (Å²) in [5.41, 5.74) is 0.820. The fourth-order valence-electron chi connectivity index (χ4n) is 2.63. The number of halogens is 1. The van der Waals surface area contributed by atoms with Crippen LogP contribution in [0.15, 0.2) is 46.9 Å². The molecule has 0 spiro atoms. The molecule has 0 saturated carbocycles. The highest BCUT2D eigenvalue weighted by Crippen LogP contribution is 2.26. The van der Waals surface area contributed by atoms with Gasteiger partial charge in [-0.3, -0.25) is 24.1 Å². The van der Waals surface area contributed by atoms with Gasteiger partial charge in [0.2, 0.25) is 0 Å². The molecule has 7 nitrogen and oxygen atoms in total. The van der Waals surface area contributed by atoms with Crippen molar-refractivity contribution in [3.05, 3.63) is 63.6 Å². The van der Waals surface area contributed by atoms with Crippen LogP contribution in [0.1, 0.15) is 31.1 Å². The smallest absolute Gasteiger partial charge is 0.326 e. The number of methoxy groups -OCH3 is 1. The Morgan fingerprint density at radius 3 is 2.22 bits per heavy atom. The van der Waals surface area contributed by atoms with E-state index >= 15 is 0 Å². The van der Waals surface area contributed by atoms with Crippen LogP contribution < -0.4 is 4.74 Å². The van der Waals surface area contributed by atoms with Crippen LogP contribution in [-0.4, -0.2) is 48.7 Å². The zero-order valence-electron chi connectivity index (χ0n) is 14.2. The van der Waals surface area contributed by atoms with Gasteiger partial charge in [-0.05, 0) is 46.3 Å². The van der Waals surface area contributed by atoms with Crippen molar-refractivity contribution >= 4 is 39.5 Å². The van der Waals surface area contributed by atoms with Gasteiger partial charge in [0.15, 0.2) is 12.4 Å². The topological polar surface area (TPSA) is 90.0 Å². The van der Waals surface area contributed by atoms with Gasteiger partial charge in [-0.25, -0.2) is 0 Å². The Morgan fingerprint density at radius 2 is 1.67 bits per heavy atom. The third-order valence-corrected chi connectivity index (χ3v) is 4.62. The molecule has 27 heavy (non-hydrogen) atoms. The number of Topliss-reactive ketones (excluding diaryl/α,β-unsaturated/α-hetero) is 1. The molecule has 138 valence electrons. The van der Waals surface area contributed by atoms with Crippen LogP contribution >= 0.6 is 15.9 Å². The number of hydrogen-bond acceptors (Lipinski definition) is 6. The maximum atomic E-state index is 12.2. The predicted octanol–water partition coefficient (Wildman–Crippen LogP) is 2.48. The summed E-state index contributed by atoms with van der Waals surface area (Å²) in [5, 5.41) is 0. The van der Waals surface area contributed by atoms with Crippen LogP contribution in [0.25, 0.3) is 0 Å². The number of nitrogens with zero attached hydrogens (tertiary/aromatic N) is 1. The van der Waals surface area contributed by atoms with Gasteiger partial charge in [-0.2, -0.15) is 0 Å². The van der Waals surface area contributed by atoms with E-state index in [1.165, 1.54) is 19.2 Å². The lowest BCUT2D eigenvalue weighted by Gasteiger charge is -2.13. The molecule has 0 radical (unpaired) electrons. The van der Waals surface area contributed by atoms with Gasteiger partial charge >= 0.3 is 5.97 Å². The Balaban J connectivity index is 1.59. The summed E-state index contributed by atoms with van der Waals surface area (Å²) in [4.78, 5) is 49.4. The van der Waals surface area contributed by atoms with E-state index in [4.69, 9.17) is 9.47 Å². The van der Waals surface area contributed by atoms with E-state index in [-0.39, 0.29) is 11.1 Å². The van der Waals surface area contributed by atoms with E-state index in [1.807, 2.05) is 0 Å².